The number of hydrogen-bond acceptors (Lipinski definition) is 6. The lowest BCUT2D eigenvalue weighted by molar-refractivity contribution is 0.0600. The molecular weight excluding hydrogens is 344 g/mol. The summed E-state index contributed by atoms with van der Waals surface area (Å²) in [6.45, 7) is 2.01. The van der Waals surface area contributed by atoms with Crippen LogP contribution in [-0.4, -0.2) is 29.2 Å². The van der Waals surface area contributed by atoms with Crippen LogP contribution in [0.15, 0.2) is 60.7 Å². The van der Waals surface area contributed by atoms with Gasteiger partial charge in [-0.3, -0.25) is 4.79 Å². The van der Waals surface area contributed by atoms with E-state index in [2.05, 4.69) is 25.6 Å². The topological polar surface area (TPSA) is 93.2 Å². The van der Waals surface area contributed by atoms with Crippen molar-refractivity contribution in [1.82, 2.24) is 10.2 Å². The molecule has 0 spiro atoms. The van der Waals surface area contributed by atoms with E-state index >= 15 is 0 Å². The number of anilines is 3. The Balaban J connectivity index is 1.67. The van der Waals surface area contributed by atoms with Crippen LogP contribution in [0.25, 0.3) is 0 Å². The Morgan fingerprint density at radius 1 is 0.926 bits per heavy atom. The Hall–Kier alpha value is -3.74. The predicted molar refractivity (Wildman–Crippen MR) is 102 cm³/mol. The number of nitrogens with one attached hydrogen (secondary N) is 2. The maximum Gasteiger partial charge on any atom is 0.337 e. The molecule has 0 radical (unpaired) electrons. The van der Waals surface area contributed by atoms with Gasteiger partial charge in [0, 0.05) is 11.4 Å². The van der Waals surface area contributed by atoms with Gasteiger partial charge in [0.25, 0.3) is 5.91 Å². The summed E-state index contributed by atoms with van der Waals surface area (Å²) < 4.78 is 4.67. The number of ether oxygens (including phenoxy) is 1. The number of amides is 1. The fraction of sp³-hybridized carbons (Fsp3) is 0.100. The molecule has 7 nitrogen and oxygen atoms in total. The number of methoxy groups -OCH3 is 1. The summed E-state index contributed by atoms with van der Waals surface area (Å²) in [7, 11) is 1.30. The molecule has 3 rings (SSSR count). The van der Waals surface area contributed by atoms with Gasteiger partial charge in [-0.15, -0.1) is 10.2 Å². The summed E-state index contributed by atoms with van der Waals surface area (Å²) in [6.07, 6.45) is 0. The van der Waals surface area contributed by atoms with Gasteiger partial charge in [0.05, 0.1) is 12.7 Å². The molecule has 0 bridgehead atoms. The summed E-state index contributed by atoms with van der Waals surface area (Å²) in [6, 6.07) is 17.6. The van der Waals surface area contributed by atoms with Gasteiger partial charge in [0.2, 0.25) is 0 Å². The highest BCUT2D eigenvalue weighted by Crippen LogP contribution is 2.16. The lowest BCUT2D eigenvalue weighted by Gasteiger charge is -2.07. The third kappa shape index (κ3) is 4.66. The number of hydrogen-bond donors (Lipinski definition) is 2. The maximum atomic E-state index is 12.3. The first kappa shape index (κ1) is 18.1. The number of aromatic nitrogens is 2. The molecule has 0 aliphatic rings. The number of benzene rings is 2. The van der Waals surface area contributed by atoms with E-state index in [4.69, 9.17) is 0 Å². The van der Waals surface area contributed by atoms with Crippen molar-refractivity contribution < 1.29 is 14.3 Å². The molecule has 0 saturated carbocycles. The van der Waals surface area contributed by atoms with Crippen LogP contribution in [0.3, 0.4) is 0 Å². The highest BCUT2D eigenvalue weighted by Gasteiger charge is 2.11. The molecule has 0 aliphatic carbocycles. The van der Waals surface area contributed by atoms with Crippen molar-refractivity contribution in [3.8, 4) is 0 Å². The van der Waals surface area contributed by atoms with E-state index in [1.54, 1.807) is 30.3 Å². The minimum atomic E-state index is -0.475. The molecule has 0 unspecified atom stereocenters. The van der Waals surface area contributed by atoms with Crippen molar-refractivity contribution in [2.24, 2.45) is 0 Å². The van der Waals surface area contributed by atoms with Crippen molar-refractivity contribution in [2.45, 2.75) is 6.92 Å². The molecule has 0 atom stereocenters. The summed E-state index contributed by atoms with van der Waals surface area (Å²) in [5, 5.41) is 13.8. The molecule has 2 aromatic carbocycles. The molecule has 3 aromatic rings. The number of nitrogens with zero attached hydrogens (tertiary/aromatic N) is 2. The molecular formula is C20H18N4O3. The smallest absolute Gasteiger partial charge is 0.337 e. The largest absolute Gasteiger partial charge is 0.465 e. The standard InChI is InChI=1S/C20H18N4O3/c1-13-6-8-15(9-7-13)21-18-11-10-17(23-24-18)19(25)22-16-5-3-4-14(12-16)20(26)27-2/h3-12H,1-2H3,(H,21,24)(H,22,25). The maximum absolute atomic E-state index is 12.3. The second-order valence-electron chi connectivity index (χ2n) is 5.82. The van der Waals surface area contributed by atoms with Gasteiger partial charge in [-0.25, -0.2) is 4.79 Å². The van der Waals surface area contributed by atoms with E-state index in [0.717, 1.165) is 11.3 Å². The molecule has 1 heterocycles. The number of aryl methyl sites for hydroxylation is 1. The molecule has 0 saturated heterocycles. The minimum absolute atomic E-state index is 0.160. The third-order valence-corrected chi connectivity index (χ3v) is 3.76. The molecule has 0 fully saturated rings. The van der Waals surface area contributed by atoms with Crippen molar-refractivity contribution in [1.29, 1.82) is 0 Å². The molecule has 0 aliphatic heterocycles. The van der Waals surface area contributed by atoms with Gasteiger partial charge >= 0.3 is 5.97 Å². The van der Waals surface area contributed by atoms with Crippen LogP contribution in [0.4, 0.5) is 17.2 Å². The van der Waals surface area contributed by atoms with Crippen LogP contribution in [0.1, 0.15) is 26.4 Å². The first-order valence-corrected chi connectivity index (χ1v) is 8.22. The van der Waals surface area contributed by atoms with Gasteiger partial charge in [0.1, 0.15) is 0 Å². The lowest BCUT2D eigenvalue weighted by Crippen LogP contribution is -2.15. The summed E-state index contributed by atoms with van der Waals surface area (Å²) >= 11 is 0. The molecule has 136 valence electrons. The van der Waals surface area contributed by atoms with Crippen LogP contribution < -0.4 is 10.6 Å². The lowest BCUT2D eigenvalue weighted by atomic mass is 10.2. The predicted octanol–water partition coefficient (Wildman–Crippen LogP) is 3.57. The first-order chi connectivity index (χ1) is 13.0. The Kier molecular flexibility index (Phi) is 5.41. The van der Waals surface area contributed by atoms with Crippen molar-refractivity contribution in [3.63, 3.8) is 0 Å². The van der Waals surface area contributed by atoms with E-state index in [-0.39, 0.29) is 5.69 Å². The monoisotopic (exact) mass is 362 g/mol. The van der Waals surface area contributed by atoms with Crippen LogP contribution >= 0.6 is 0 Å². The SMILES string of the molecule is COC(=O)c1cccc(NC(=O)c2ccc(Nc3ccc(C)cc3)nn2)c1. The fourth-order valence-electron chi connectivity index (χ4n) is 2.34. The van der Waals surface area contributed by atoms with Gasteiger partial charge in [-0.1, -0.05) is 23.8 Å². The number of carbonyl (C=O) groups excluding carboxylic acids is 2. The molecule has 1 aromatic heterocycles. The zero-order valence-corrected chi connectivity index (χ0v) is 14.9. The Labute approximate surface area is 156 Å². The van der Waals surface area contributed by atoms with Gasteiger partial charge in [0.15, 0.2) is 11.5 Å². The van der Waals surface area contributed by atoms with E-state index in [1.807, 2.05) is 31.2 Å². The van der Waals surface area contributed by atoms with Crippen LogP contribution in [0.5, 0.6) is 0 Å². The quantitative estimate of drug-likeness (QED) is 0.674. The van der Waals surface area contributed by atoms with Crippen LogP contribution in [0, 0.1) is 6.92 Å². The van der Waals surface area contributed by atoms with E-state index < -0.39 is 11.9 Å². The van der Waals surface area contributed by atoms with Crippen molar-refractivity contribution in [2.75, 3.05) is 17.7 Å². The van der Waals surface area contributed by atoms with Gasteiger partial charge in [-0.05, 0) is 49.4 Å². The summed E-state index contributed by atoms with van der Waals surface area (Å²) in [5.74, 6) is -0.369. The van der Waals surface area contributed by atoms with E-state index in [0.29, 0.717) is 17.1 Å². The second-order valence-corrected chi connectivity index (χ2v) is 5.82. The average molecular weight is 362 g/mol. The third-order valence-electron chi connectivity index (χ3n) is 3.76. The van der Waals surface area contributed by atoms with Gasteiger partial charge in [-0.2, -0.15) is 0 Å². The Morgan fingerprint density at radius 3 is 2.37 bits per heavy atom. The molecule has 27 heavy (non-hydrogen) atoms. The Bertz CT molecular complexity index is 954. The van der Waals surface area contributed by atoms with Crippen molar-refractivity contribution in [3.05, 3.63) is 77.5 Å². The number of rotatable bonds is 5. The minimum Gasteiger partial charge on any atom is -0.465 e. The summed E-state index contributed by atoms with van der Waals surface area (Å²) in [4.78, 5) is 23.9. The van der Waals surface area contributed by atoms with Crippen molar-refractivity contribution >= 4 is 29.1 Å². The first-order valence-electron chi connectivity index (χ1n) is 8.22. The van der Waals surface area contributed by atoms with E-state index in [1.165, 1.54) is 13.2 Å². The number of carbonyl (C=O) groups is 2. The molecule has 2 N–H and O–H groups in total. The zero-order chi connectivity index (χ0) is 19.2. The van der Waals surface area contributed by atoms with Crippen LogP contribution in [-0.2, 0) is 4.74 Å². The van der Waals surface area contributed by atoms with Crippen LogP contribution in [0.2, 0.25) is 0 Å². The molecule has 7 heteroatoms. The van der Waals surface area contributed by atoms with Gasteiger partial charge < -0.3 is 15.4 Å². The normalized spacial score (nSPS) is 10.1. The number of esters is 1. The highest BCUT2D eigenvalue weighted by atomic mass is 16.5. The average Bonchev–Trinajstić information content (AvgIpc) is 2.70. The molecule has 1 amide bonds. The summed E-state index contributed by atoms with van der Waals surface area (Å²) in [5.41, 5.74) is 3.01. The van der Waals surface area contributed by atoms with E-state index in [9.17, 15) is 9.59 Å². The fourth-order valence-corrected chi connectivity index (χ4v) is 2.34. The Morgan fingerprint density at radius 2 is 1.70 bits per heavy atom. The highest BCUT2D eigenvalue weighted by molar-refractivity contribution is 6.03. The zero-order valence-electron chi connectivity index (χ0n) is 14.9. The second kappa shape index (κ2) is 8.09.